The molecular weight excluding hydrogens is 446 g/mol. The predicted molar refractivity (Wildman–Crippen MR) is 121 cm³/mol. The van der Waals surface area contributed by atoms with Gasteiger partial charge in [-0.05, 0) is 79.8 Å². The SMILES string of the molecule is N#Cc1ccc(/C=C/CC2CCCc3c(n(C(N)=O)c4cc(F)cc(C(F)(F)F)c34)CC2)cc1. The first-order valence-electron chi connectivity index (χ1n) is 11.1. The minimum Gasteiger partial charge on any atom is -0.351 e. The second-order valence-corrected chi connectivity index (χ2v) is 8.61. The van der Waals surface area contributed by atoms with Crippen LogP contribution in [0.2, 0.25) is 0 Å². The van der Waals surface area contributed by atoms with Gasteiger partial charge in [0.25, 0.3) is 0 Å². The zero-order valence-corrected chi connectivity index (χ0v) is 18.3. The van der Waals surface area contributed by atoms with Crippen molar-refractivity contribution in [1.82, 2.24) is 4.57 Å². The van der Waals surface area contributed by atoms with Crippen LogP contribution in [0.1, 0.15) is 53.6 Å². The van der Waals surface area contributed by atoms with Crippen LogP contribution in [0.3, 0.4) is 0 Å². The summed E-state index contributed by atoms with van der Waals surface area (Å²) >= 11 is 0. The molecule has 1 aliphatic rings. The van der Waals surface area contributed by atoms with Crippen molar-refractivity contribution in [3.05, 3.63) is 76.2 Å². The highest BCUT2D eigenvalue weighted by molar-refractivity contribution is 5.97. The summed E-state index contributed by atoms with van der Waals surface area (Å²) in [5.74, 6) is -0.778. The number of aromatic nitrogens is 1. The normalized spacial score (nSPS) is 16.7. The number of amides is 1. The van der Waals surface area contributed by atoms with E-state index in [1.165, 1.54) is 0 Å². The number of allylic oxidation sites excluding steroid dienone is 1. The Hall–Kier alpha value is -3.60. The van der Waals surface area contributed by atoms with Crippen LogP contribution < -0.4 is 5.73 Å². The average molecular weight is 469 g/mol. The number of nitrogens with two attached hydrogens (primary N) is 1. The number of alkyl halides is 3. The number of fused-ring (bicyclic) bond motifs is 3. The summed E-state index contributed by atoms with van der Waals surface area (Å²) in [4.78, 5) is 12.2. The lowest BCUT2D eigenvalue weighted by molar-refractivity contribution is -0.136. The van der Waals surface area contributed by atoms with Gasteiger partial charge in [-0.3, -0.25) is 4.57 Å². The van der Waals surface area contributed by atoms with Crippen molar-refractivity contribution in [3.8, 4) is 6.07 Å². The molecule has 8 heteroatoms. The van der Waals surface area contributed by atoms with E-state index in [1.807, 2.05) is 18.2 Å². The Balaban J connectivity index is 1.62. The molecule has 4 rings (SSSR count). The van der Waals surface area contributed by atoms with Crippen molar-refractivity contribution in [2.75, 3.05) is 0 Å². The molecule has 0 fully saturated rings. The lowest BCUT2D eigenvalue weighted by Crippen LogP contribution is -2.23. The van der Waals surface area contributed by atoms with Crippen LogP contribution >= 0.6 is 0 Å². The number of primary amides is 1. The molecule has 1 heterocycles. The second-order valence-electron chi connectivity index (χ2n) is 8.61. The number of nitrogens with zero attached hydrogens (tertiary/aromatic N) is 2. The monoisotopic (exact) mass is 469 g/mol. The van der Waals surface area contributed by atoms with Gasteiger partial charge in [-0.1, -0.05) is 24.3 Å². The molecule has 0 saturated carbocycles. The lowest BCUT2D eigenvalue weighted by Gasteiger charge is -2.20. The highest BCUT2D eigenvalue weighted by Crippen LogP contribution is 2.41. The number of hydrogen-bond donors (Lipinski definition) is 1. The van der Waals surface area contributed by atoms with Crippen molar-refractivity contribution in [2.24, 2.45) is 11.7 Å². The van der Waals surface area contributed by atoms with Crippen molar-refractivity contribution in [3.63, 3.8) is 0 Å². The molecule has 1 aromatic heterocycles. The summed E-state index contributed by atoms with van der Waals surface area (Å²) in [6.07, 6.45) is 2.92. The third-order valence-corrected chi connectivity index (χ3v) is 6.42. The van der Waals surface area contributed by atoms with Crippen LogP contribution in [0, 0.1) is 23.1 Å². The summed E-state index contributed by atoms with van der Waals surface area (Å²) in [5, 5.41) is 8.77. The van der Waals surface area contributed by atoms with Crippen molar-refractivity contribution >= 4 is 23.0 Å². The van der Waals surface area contributed by atoms with E-state index < -0.39 is 23.6 Å². The fourth-order valence-electron chi connectivity index (χ4n) is 4.87. The molecule has 0 radical (unpaired) electrons. The standard InChI is InChI=1S/C26H23F4N3O/c27-19-13-21(26(28,29)30)24-20-6-2-5-16(3-1-4-17-7-9-18(15-31)10-8-17)11-12-22(20)33(25(32)34)23(24)14-19/h1,4,7-10,13-14,16H,2-3,5-6,11-12H2,(H2,32,34)/b4-1+. The van der Waals surface area contributed by atoms with Crippen molar-refractivity contribution < 1.29 is 22.4 Å². The van der Waals surface area contributed by atoms with Gasteiger partial charge in [-0.2, -0.15) is 18.4 Å². The van der Waals surface area contributed by atoms with Crippen molar-refractivity contribution in [2.45, 2.75) is 44.7 Å². The van der Waals surface area contributed by atoms with Gasteiger partial charge in [0.1, 0.15) is 5.82 Å². The number of rotatable bonds is 3. The molecule has 1 unspecified atom stereocenters. The van der Waals surface area contributed by atoms with Crippen LogP contribution in [0.4, 0.5) is 22.4 Å². The number of nitriles is 1. The van der Waals surface area contributed by atoms with Gasteiger partial charge < -0.3 is 5.73 Å². The Morgan fingerprint density at radius 3 is 2.56 bits per heavy atom. The molecular formula is C26H23F4N3O. The highest BCUT2D eigenvalue weighted by atomic mass is 19.4. The maximum absolute atomic E-state index is 14.1. The number of halogens is 4. The minimum atomic E-state index is -4.75. The van der Waals surface area contributed by atoms with Gasteiger partial charge in [0.15, 0.2) is 0 Å². The van der Waals surface area contributed by atoms with Crippen LogP contribution in [0.5, 0.6) is 0 Å². The Morgan fingerprint density at radius 1 is 1.18 bits per heavy atom. The van der Waals surface area contributed by atoms with Crippen molar-refractivity contribution in [1.29, 1.82) is 5.26 Å². The molecule has 2 N–H and O–H groups in total. The fraction of sp³-hybridized carbons (Fsp3) is 0.308. The fourth-order valence-corrected chi connectivity index (χ4v) is 4.87. The Labute approximate surface area is 194 Å². The van der Waals surface area contributed by atoms with E-state index in [9.17, 15) is 22.4 Å². The number of carbonyl (C=O) groups is 1. The lowest BCUT2D eigenvalue weighted by atomic mass is 9.87. The molecule has 176 valence electrons. The van der Waals surface area contributed by atoms with E-state index in [2.05, 4.69) is 12.1 Å². The maximum Gasteiger partial charge on any atom is 0.417 e. The smallest absolute Gasteiger partial charge is 0.351 e. The Kier molecular flexibility index (Phi) is 6.47. The predicted octanol–water partition coefficient (Wildman–Crippen LogP) is 6.59. The van der Waals surface area contributed by atoms with Gasteiger partial charge in [-0.25, -0.2) is 9.18 Å². The van der Waals surface area contributed by atoms with Crippen LogP contribution in [-0.2, 0) is 19.0 Å². The molecule has 34 heavy (non-hydrogen) atoms. The van der Waals surface area contributed by atoms with E-state index in [1.54, 1.807) is 12.1 Å². The molecule has 3 aromatic rings. The van der Waals surface area contributed by atoms with E-state index in [0.29, 0.717) is 48.6 Å². The van der Waals surface area contributed by atoms with Gasteiger partial charge in [-0.15, -0.1) is 0 Å². The van der Waals surface area contributed by atoms with E-state index in [-0.39, 0.29) is 16.8 Å². The molecule has 0 aliphatic heterocycles. The van der Waals surface area contributed by atoms with E-state index >= 15 is 0 Å². The summed E-state index contributed by atoms with van der Waals surface area (Å²) in [6.45, 7) is 0. The second kappa shape index (κ2) is 9.34. The Bertz CT molecular complexity index is 1300. The zero-order valence-electron chi connectivity index (χ0n) is 18.3. The highest BCUT2D eigenvalue weighted by Gasteiger charge is 2.37. The summed E-state index contributed by atoms with van der Waals surface area (Å²) in [6, 6.07) is 9.83. The van der Waals surface area contributed by atoms with Gasteiger partial charge in [0, 0.05) is 11.1 Å². The van der Waals surface area contributed by atoms with Gasteiger partial charge >= 0.3 is 12.2 Å². The van der Waals surface area contributed by atoms with Gasteiger partial charge in [0.05, 0.1) is 22.7 Å². The number of benzene rings is 2. The maximum atomic E-state index is 14.1. The number of aryl methyl sites for hydroxylation is 1. The first-order chi connectivity index (χ1) is 16.2. The van der Waals surface area contributed by atoms with Crippen LogP contribution in [0.25, 0.3) is 17.0 Å². The zero-order chi connectivity index (χ0) is 24.5. The quantitative estimate of drug-likeness (QED) is 0.440. The largest absolute Gasteiger partial charge is 0.417 e. The molecule has 0 bridgehead atoms. The van der Waals surface area contributed by atoms with Gasteiger partial charge in [0.2, 0.25) is 0 Å². The molecule has 1 aliphatic carbocycles. The minimum absolute atomic E-state index is 0.121. The summed E-state index contributed by atoms with van der Waals surface area (Å²) in [5.41, 5.74) is 6.79. The molecule has 2 aromatic carbocycles. The topological polar surface area (TPSA) is 71.8 Å². The summed E-state index contributed by atoms with van der Waals surface area (Å²) < 4.78 is 56.3. The first-order valence-corrected chi connectivity index (χ1v) is 11.1. The Morgan fingerprint density at radius 2 is 1.91 bits per heavy atom. The first kappa shape index (κ1) is 23.6. The molecule has 1 amide bonds. The van der Waals surface area contributed by atoms with E-state index in [0.717, 1.165) is 29.0 Å². The third kappa shape index (κ3) is 4.69. The van der Waals surface area contributed by atoms with Crippen LogP contribution in [0.15, 0.2) is 42.5 Å². The van der Waals surface area contributed by atoms with Crippen LogP contribution in [-0.4, -0.2) is 10.6 Å². The molecule has 1 atom stereocenters. The molecule has 0 spiro atoms. The number of carbonyl (C=O) groups excluding carboxylic acids is 1. The third-order valence-electron chi connectivity index (χ3n) is 6.42. The molecule has 4 nitrogen and oxygen atoms in total. The summed E-state index contributed by atoms with van der Waals surface area (Å²) in [7, 11) is 0. The van der Waals surface area contributed by atoms with E-state index in [4.69, 9.17) is 11.0 Å². The average Bonchev–Trinajstić information content (AvgIpc) is 3.06. The molecule has 0 saturated heterocycles. The number of hydrogen-bond acceptors (Lipinski definition) is 2.